The molecule has 3 aromatic rings. The lowest BCUT2D eigenvalue weighted by atomic mass is 10.2. The normalized spacial score (nSPS) is 15.4. The number of carbonyl (C=O) groups is 1. The molecule has 7 heteroatoms. The second kappa shape index (κ2) is 7.66. The van der Waals surface area contributed by atoms with Crippen molar-refractivity contribution in [1.82, 2.24) is 4.31 Å². The average Bonchev–Trinajstić information content (AvgIpc) is 3.39. The van der Waals surface area contributed by atoms with Gasteiger partial charge < -0.3 is 5.32 Å². The van der Waals surface area contributed by atoms with Crippen LogP contribution < -0.4 is 5.32 Å². The maximum atomic E-state index is 12.8. The fourth-order valence-electron chi connectivity index (χ4n) is 3.66. The monoisotopic (exact) mass is 414 g/mol. The van der Waals surface area contributed by atoms with Gasteiger partial charge in [-0.15, -0.1) is 11.3 Å². The molecule has 28 heavy (non-hydrogen) atoms. The molecule has 4 rings (SSSR count). The molecule has 1 saturated carbocycles. The molecule has 0 unspecified atom stereocenters. The van der Waals surface area contributed by atoms with Gasteiger partial charge in [0, 0.05) is 29.0 Å². The molecular weight excluding hydrogens is 392 g/mol. The number of rotatable bonds is 5. The molecule has 5 nitrogen and oxygen atoms in total. The van der Waals surface area contributed by atoms with Crippen LogP contribution in [0, 0.1) is 0 Å². The van der Waals surface area contributed by atoms with Crippen molar-refractivity contribution in [2.75, 3.05) is 12.4 Å². The highest BCUT2D eigenvalue weighted by Crippen LogP contribution is 2.28. The molecule has 0 saturated heterocycles. The molecule has 1 aromatic heterocycles. The quantitative estimate of drug-likeness (QED) is 0.657. The van der Waals surface area contributed by atoms with Crippen LogP contribution in [0.1, 0.15) is 36.0 Å². The van der Waals surface area contributed by atoms with E-state index in [-0.39, 0.29) is 16.8 Å². The predicted molar refractivity (Wildman–Crippen MR) is 113 cm³/mol. The molecule has 1 fully saturated rings. The van der Waals surface area contributed by atoms with Crippen LogP contribution >= 0.6 is 11.3 Å². The second-order valence-electron chi connectivity index (χ2n) is 7.11. The van der Waals surface area contributed by atoms with Crippen LogP contribution in [0.5, 0.6) is 0 Å². The fourth-order valence-corrected chi connectivity index (χ4v) is 5.84. The fraction of sp³-hybridized carbons (Fsp3) is 0.286. The molecular formula is C21H22N2O3S2. The third-order valence-electron chi connectivity index (χ3n) is 5.34. The third-order valence-corrected chi connectivity index (χ3v) is 8.16. The summed E-state index contributed by atoms with van der Waals surface area (Å²) in [5.74, 6) is -0.261. The Labute approximate surface area is 169 Å². The van der Waals surface area contributed by atoms with Gasteiger partial charge in [-0.3, -0.25) is 4.79 Å². The first-order valence-electron chi connectivity index (χ1n) is 9.32. The molecule has 0 atom stereocenters. The Hall–Kier alpha value is -2.22. The molecule has 2 aromatic carbocycles. The number of fused-ring (bicyclic) bond motifs is 1. The molecule has 0 aliphatic heterocycles. The summed E-state index contributed by atoms with van der Waals surface area (Å²) in [5, 5.41) is 5.97. The number of hydrogen-bond donors (Lipinski definition) is 1. The van der Waals surface area contributed by atoms with Crippen LogP contribution in [0.2, 0.25) is 0 Å². The van der Waals surface area contributed by atoms with Crippen molar-refractivity contribution in [2.24, 2.45) is 0 Å². The van der Waals surface area contributed by atoms with Gasteiger partial charge in [0.15, 0.2) is 0 Å². The molecule has 0 spiro atoms. The SMILES string of the molecule is CN(C1CCCC1)S(=O)(=O)c1ccc(C(=O)Nc2ccc3sccc3c2)cc1. The summed E-state index contributed by atoms with van der Waals surface area (Å²) >= 11 is 1.65. The zero-order valence-corrected chi connectivity index (χ0v) is 17.2. The van der Waals surface area contributed by atoms with Gasteiger partial charge in [0.2, 0.25) is 10.0 Å². The van der Waals surface area contributed by atoms with E-state index in [4.69, 9.17) is 0 Å². The zero-order valence-electron chi connectivity index (χ0n) is 15.6. The van der Waals surface area contributed by atoms with Gasteiger partial charge in [-0.2, -0.15) is 4.31 Å². The van der Waals surface area contributed by atoms with E-state index in [0.29, 0.717) is 11.3 Å². The number of benzene rings is 2. The van der Waals surface area contributed by atoms with E-state index in [0.717, 1.165) is 31.1 Å². The number of sulfonamides is 1. The molecule has 1 N–H and O–H groups in total. The summed E-state index contributed by atoms with van der Waals surface area (Å²) in [4.78, 5) is 12.7. The van der Waals surface area contributed by atoms with Crippen LogP contribution in [-0.4, -0.2) is 31.7 Å². The highest BCUT2D eigenvalue weighted by atomic mass is 32.2. The van der Waals surface area contributed by atoms with Crippen molar-refractivity contribution in [3.05, 3.63) is 59.5 Å². The molecule has 1 aliphatic rings. The Bertz CT molecular complexity index is 1100. The van der Waals surface area contributed by atoms with Gasteiger partial charge in [0.05, 0.1) is 4.90 Å². The van der Waals surface area contributed by atoms with Crippen LogP contribution in [0.4, 0.5) is 5.69 Å². The maximum Gasteiger partial charge on any atom is 0.255 e. The van der Waals surface area contributed by atoms with Gasteiger partial charge in [-0.1, -0.05) is 12.8 Å². The molecule has 1 aliphatic carbocycles. The van der Waals surface area contributed by atoms with Gasteiger partial charge in [-0.05, 0) is 72.1 Å². The molecule has 1 heterocycles. The van der Waals surface area contributed by atoms with E-state index in [1.165, 1.54) is 21.1 Å². The van der Waals surface area contributed by atoms with Crippen molar-refractivity contribution in [3.8, 4) is 0 Å². The summed E-state index contributed by atoms with van der Waals surface area (Å²) in [7, 11) is -1.89. The van der Waals surface area contributed by atoms with Crippen molar-refractivity contribution >= 4 is 43.0 Å². The summed E-state index contributed by atoms with van der Waals surface area (Å²) in [5.41, 5.74) is 1.14. The minimum Gasteiger partial charge on any atom is -0.322 e. The summed E-state index contributed by atoms with van der Waals surface area (Å²) in [6, 6.07) is 14.0. The third kappa shape index (κ3) is 3.70. The highest BCUT2D eigenvalue weighted by Gasteiger charge is 2.30. The largest absolute Gasteiger partial charge is 0.322 e. The Kier molecular flexibility index (Phi) is 5.23. The topological polar surface area (TPSA) is 66.5 Å². The number of thiophene rings is 1. The Balaban J connectivity index is 1.49. The van der Waals surface area contributed by atoms with E-state index in [9.17, 15) is 13.2 Å². The first kappa shape index (κ1) is 19.1. The van der Waals surface area contributed by atoms with Crippen molar-refractivity contribution in [3.63, 3.8) is 0 Å². The van der Waals surface area contributed by atoms with E-state index in [1.807, 2.05) is 29.6 Å². The lowest BCUT2D eigenvalue weighted by molar-refractivity contribution is 0.102. The van der Waals surface area contributed by atoms with Crippen molar-refractivity contribution < 1.29 is 13.2 Å². The lowest BCUT2D eigenvalue weighted by Gasteiger charge is -2.23. The van der Waals surface area contributed by atoms with E-state index < -0.39 is 10.0 Å². The van der Waals surface area contributed by atoms with Crippen LogP contribution in [-0.2, 0) is 10.0 Å². The second-order valence-corrected chi connectivity index (χ2v) is 10.1. The van der Waals surface area contributed by atoms with Crippen molar-refractivity contribution in [2.45, 2.75) is 36.6 Å². The summed E-state index contributed by atoms with van der Waals surface area (Å²) in [6.45, 7) is 0. The van der Waals surface area contributed by atoms with Gasteiger partial charge in [-0.25, -0.2) is 8.42 Å². The molecule has 0 bridgehead atoms. The Morgan fingerprint density at radius 3 is 2.50 bits per heavy atom. The number of anilines is 1. The number of carbonyl (C=O) groups excluding carboxylic acids is 1. The Morgan fingerprint density at radius 1 is 1.07 bits per heavy atom. The lowest BCUT2D eigenvalue weighted by Crippen LogP contribution is -2.35. The zero-order chi connectivity index (χ0) is 19.7. The van der Waals surface area contributed by atoms with Crippen LogP contribution in [0.25, 0.3) is 10.1 Å². The van der Waals surface area contributed by atoms with E-state index in [2.05, 4.69) is 5.32 Å². The number of nitrogens with one attached hydrogen (secondary N) is 1. The van der Waals surface area contributed by atoms with Crippen LogP contribution in [0.15, 0.2) is 58.8 Å². The highest BCUT2D eigenvalue weighted by molar-refractivity contribution is 7.89. The predicted octanol–water partition coefficient (Wildman–Crippen LogP) is 4.72. The number of nitrogens with zero attached hydrogens (tertiary/aromatic N) is 1. The summed E-state index contributed by atoms with van der Waals surface area (Å²) in [6.07, 6.45) is 3.96. The van der Waals surface area contributed by atoms with Crippen molar-refractivity contribution in [1.29, 1.82) is 0 Å². The summed E-state index contributed by atoms with van der Waals surface area (Å²) < 4.78 is 28.3. The molecule has 1 amide bonds. The first-order chi connectivity index (χ1) is 13.4. The maximum absolute atomic E-state index is 12.8. The smallest absolute Gasteiger partial charge is 0.255 e. The molecule has 0 radical (unpaired) electrons. The Morgan fingerprint density at radius 2 is 1.79 bits per heavy atom. The van der Waals surface area contributed by atoms with Gasteiger partial charge in [0.1, 0.15) is 0 Å². The van der Waals surface area contributed by atoms with Crippen LogP contribution in [0.3, 0.4) is 0 Å². The minimum atomic E-state index is -3.54. The van der Waals surface area contributed by atoms with E-state index >= 15 is 0 Å². The van der Waals surface area contributed by atoms with Gasteiger partial charge >= 0.3 is 0 Å². The first-order valence-corrected chi connectivity index (χ1v) is 11.6. The standard InChI is InChI=1S/C21H22N2O3S2/c1-23(18-4-2-3-5-18)28(25,26)19-9-6-15(7-10-19)21(24)22-17-8-11-20-16(14-17)12-13-27-20/h6-14,18H,2-5H2,1H3,(H,22,24). The van der Waals surface area contributed by atoms with Gasteiger partial charge in [0.25, 0.3) is 5.91 Å². The number of amides is 1. The van der Waals surface area contributed by atoms with E-state index in [1.54, 1.807) is 30.5 Å². The average molecular weight is 415 g/mol. The minimum absolute atomic E-state index is 0.0694. The molecule has 146 valence electrons. The number of hydrogen-bond acceptors (Lipinski definition) is 4.